The third-order valence-electron chi connectivity index (χ3n) is 6.74. The van der Waals surface area contributed by atoms with Crippen LogP contribution in [0, 0.1) is 0 Å². The lowest BCUT2D eigenvalue weighted by molar-refractivity contribution is -0.143. The number of nitrogens with one attached hydrogen (secondary N) is 1. The van der Waals surface area contributed by atoms with Crippen molar-refractivity contribution in [2.24, 2.45) is 10.2 Å². The van der Waals surface area contributed by atoms with Gasteiger partial charge in [-0.05, 0) is 47.0 Å². The van der Waals surface area contributed by atoms with E-state index in [1.54, 1.807) is 18.2 Å². The van der Waals surface area contributed by atoms with E-state index in [0.29, 0.717) is 52.5 Å². The zero-order valence-electron chi connectivity index (χ0n) is 20.6. The normalized spacial score (nSPS) is 18.2. The molecule has 1 unspecified atom stereocenters. The number of rotatable bonds is 5. The number of hydrogen-bond donors (Lipinski definition) is 2. The number of piperazine rings is 1. The van der Waals surface area contributed by atoms with E-state index in [1.165, 1.54) is 6.21 Å². The number of alkyl halides is 6. The molecule has 0 saturated carbocycles. The fourth-order valence-electron chi connectivity index (χ4n) is 4.67. The molecule has 3 heterocycles. The van der Waals surface area contributed by atoms with Crippen LogP contribution in [-0.4, -0.2) is 42.0 Å². The number of aromatic hydroxyl groups is 1. The first-order valence-electron chi connectivity index (χ1n) is 12.1. The third kappa shape index (κ3) is 5.64. The van der Waals surface area contributed by atoms with Crippen molar-refractivity contribution in [3.63, 3.8) is 0 Å². The fourth-order valence-corrected chi connectivity index (χ4v) is 5.73. The predicted octanol–water partition coefficient (Wildman–Crippen LogP) is 4.48. The minimum atomic E-state index is -5.03. The van der Waals surface area contributed by atoms with Crippen LogP contribution in [0.25, 0.3) is 5.57 Å². The van der Waals surface area contributed by atoms with Crippen molar-refractivity contribution in [2.75, 3.05) is 24.5 Å². The van der Waals surface area contributed by atoms with Crippen molar-refractivity contribution in [1.29, 1.82) is 0 Å². The zero-order valence-corrected chi connectivity index (χ0v) is 21.4. The summed E-state index contributed by atoms with van der Waals surface area (Å²) in [7, 11) is 0. The zero-order chi connectivity index (χ0) is 27.9. The molecule has 2 aromatic carbocycles. The second-order valence-electron chi connectivity index (χ2n) is 9.30. The number of anilines is 1. The Morgan fingerprint density at radius 3 is 2.62 bits per heavy atom. The van der Waals surface area contributed by atoms with Gasteiger partial charge in [-0.3, -0.25) is 0 Å². The van der Waals surface area contributed by atoms with E-state index < -0.39 is 29.9 Å². The van der Waals surface area contributed by atoms with Crippen molar-refractivity contribution in [3.05, 3.63) is 74.1 Å². The summed E-state index contributed by atoms with van der Waals surface area (Å²) >= 11 is 1.14. The molecule has 1 saturated heterocycles. The number of fused-ring (bicyclic) bond motifs is 1. The molecular formula is C26H23F6N5OS. The molecule has 1 fully saturated rings. The van der Waals surface area contributed by atoms with Gasteiger partial charge in [0.2, 0.25) is 5.88 Å². The number of thiazole rings is 1. The Morgan fingerprint density at radius 2 is 1.90 bits per heavy atom. The molecule has 5 rings (SSSR count). The van der Waals surface area contributed by atoms with Crippen molar-refractivity contribution >= 4 is 28.3 Å². The van der Waals surface area contributed by atoms with Crippen LogP contribution in [0.3, 0.4) is 0 Å². The van der Waals surface area contributed by atoms with Gasteiger partial charge in [-0.1, -0.05) is 30.4 Å². The summed E-state index contributed by atoms with van der Waals surface area (Å²) in [6.07, 6.45) is -7.97. The smallest absolute Gasteiger partial charge is 0.416 e. The Kier molecular flexibility index (Phi) is 7.14. The number of halogens is 6. The van der Waals surface area contributed by atoms with E-state index >= 15 is 0 Å². The Bertz CT molecular complexity index is 1550. The molecule has 1 atom stereocenters. The first-order chi connectivity index (χ1) is 18.4. The molecule has 2 aliphatic heterocycles. The second kappa shape index (κ2) is 10.3. The Hall–Kier alpha value is -3.45. The highest BCUT2D eigenvalue weighted by atomic mass is 32.1. The summed E-state index contributed by atoms with van der Waals surface area (Å²) in [5.74, 6) is -0.351. The van der Waals surface area contributed by atoms with Crippen LogP contribution >= 0.6 is 11.3 Å². The van der Waals surface area contributed by atoms with Gasteiger partial charge < -0.3 is 15.3 Å². The maximum Gasteiger partial charge on any atom is 0.416 e. The summed E-state index contributed by atoms with van der Waals surface area (Å²) in [6, 6.07) is 6.80. The molecule has 2 aliphatic rings. The molecule has 1 aromatic heterocycles. The lowest BCUT2D eigenvalue weighted by atomic mass is 9.94. The molecule has 206 valence electrons. The van der Waals surface area contributed by atoms with Gasteiger partial charge in [-0.15, -0.1) is 0 Å². The van der Waals surface area contributed by atoms with Crippen LogP contribution in [-0.2, 0) is 18.8 Å². The van der Waals surface area contributed by atoms with Crippen LogP contribution in [0.4, 0.5) is 31.5 Å². The first kappa shape index (κ1) is 27.1. The molecule has 3 aromatic rings. The molecule has 6 nitrogen and oxygen atoms in total. The molecular weight excluding hydrogens is 544 g/mol. The Labute approximate surface area is 223 Å². The van der Waals surface area contributed by atoms with Gasteiger partial charge in [0.15, 0.2) is 5.13 Å². The van der Waals surface area contributed by atoms with E-state index in [-0.39, 0.29) is 28.4 Å². The highest BCUT2D eigenvalue weighted by Crippen LogP contribution is 2.41. The van der Waals surface area contributed by atoms with E-state index in [2.05, 4.69) is 20.5 Å². The topological polar surface area (TPSA) is 73.1 Å². The molecule has 0 bridgehead atoms. The lowest BCUT2D eigenvalue weighted by Gasteiger charge is -2.32. The van der Waals surface area contributed by atoms with Crippen LogP contribution in [0.2, 0.25) is 0 Å². The standard InChI is InChI=1S/C26H23F6N5OS/c1-2-18-13-37(8-7-33-18)24-35-23(38)22(39-24)19(14-4-6-21-16(9-14)12-34-36-21)10-15-3-5-17(25(27,28)29)11-20(15)26(30,31)32/h3-6,9,11-12,18,33,38H,2,7-8,10,13H2,1H3. The van der Waals surface area contributed by atoms with Crippen molar-refractivity contribution in [3.8, 4) is 5.88 Å². The van der Waals surface area contributed by atoms with E-state index in [9.17, 15) is 31.4 Å². The van der Waals surface area contributed by atoms with Crippen LogP contribution < -0.4 is 20.8 Å². The highest BCUT2D eigenvalue weighted by Gasteiger charge is 2.38. The number of hydrogen-bond acceptors (Lipinski definition) is 7. The average Bonchev–Trinajstić information content (AvgIpc) is 3.52. The van der Waals surface area contributed by atoms with E-state index in [1.807, 2.05) is 11.8 Å². The van der Waals surface area contributed by atoms with Gasteiger partial charge in [-0.2, -0.15) is 41.5 Å². The Morgan fingerprint density at radius 1 is 1.10 bits per heavy atom. The molecule has 0 spiro atoms. The fraction of sp³-hybridized carbons (Fsp3) is 0.346. The second-order valence-corrected chi connectivity index (χ2v) is 10.3. The van der Waals surface area contributed by atoms with Crippen molar-refractivity contribution in [1.82, 2.24) is 10.3 Å². The molecule has 2 N–H and O–H groups in total. The minimum Gasteiger partial charge on any atom is -0.492 e. The molecule has 0 aliphatic carbocycles. The van der Waals surface area contributed by atoms with Crippen molar-refractivity contribution in [2.45, 2.75) is 38.2 Å². The van der Waals surface area contributed by atoms with Crippen LogP contribution in [0.15, 0.2) is 46.6 Å². The quantitative estimate of drug-likeness (QED) is 0.446. The summed E-state index contributed by atoms with van der Waals surface area (Å²) in [6.45, 7) is 4.03. The van der Waals surface area contributed by atoms with Crippen molar-refractivity contribution < 1.29 is 31.4 Å². The van der Waals surface area contributed by atoms with Crippen LogP contribution in [0.5, 0.6) is 5.88 Å². The molecule has 39 heavy (non-hydrogen) atoms. The minimum absolute atomic E-state index is 0.130. The maximum absolute atomic E-state index is 14.0. The van der Waals surface area contributed by atoms with E-state index in [0.717, 1.165) is 23.8 Å². The van der Waals surface area contributed by atoms with Gasteiger partial charge in [0.05, 0.1) is 27.6 Å². The first-order valence-corrected chi connectivity index (χ1v) is 13.0. The highest BCUT2D eigenvalue weighted by molar-refractivity contribution is 7.17. The van der Waals surface area contributed by atoms with E-state index in [4.69, 9.17) is 0 Å². The maximum atomic E-state index is 14.0. The SMILES string of the molecule is CCC1CN(c2nc(O)c(C(Cc3ccc(C(F)(F)F)cc3C(F)(F)F)=c3ccc4c(c3)C=NN=4)s2)CCN1. The molecule has 13 heteroatoms. The van der Waals surface area contributed by atoms with Gasteiger partial charge >= 0.3 is 12.4 Å². The van der Waals surface area contributed by atoms with Gasteiger partial charge in [-0.25, -0.2) is 0 Å². The summed E-state index contributed by atoms with van der Waals surface area (Å²) in [5.41, 5.74) is -2.20. The van der Waals surface area contributed by atoms with Gasteiger partial charge in [0.25, 0.3) is 0 Å². The Balaban J connectivity index is 1.65. The van der Waals surface area contributed by atoms with Gasteiger partial charge in [0, 0.05) is 37.7 Å². The summed E-state index contributed by atoms with van der Waals surface area (Å²) in [4.78, 5) is 6.57. The summed E-state index contributed by atoms with van der Waals surface area (Å²) < 4.78 is 81.7. The monoisotopic (exact) mass is 567 g/mol. The summed E-state index contributed by atoms with van der Waals surface area (Å²) in [5, 5.41) is 23.7. The third-order valence-corrected chi connectivity index (χ3v) is 7.90. The number of benzene rings is 2. The largest absolute Gasteiger partial charge is 0.492 e. The van der Waals surface area contributed by atoms with Crippen LogP contribution in [0.1, 0.15) is 40.5 Å². The number of aromatic nitrogens is 1. The predicted molar refractivity (Wildman–Crippen MR) is 136 cm³/mol. The average molecular weight is 568 g/mol. The molecule has 0 amide bonds. The molecule has 0 radical (unpaired) electrons. The van der Waals surface area contributed by atoms with Gasteiger partial charge in [0.1, 0.15) is 0 Å². The number of nitrogens with zero attached hydrogens (tertiary/aromatic N) is 4. The lowest BCUT2D eigenvalue weighted by Crippen LogP contribution is -2.50.